The summed E-state index contributed by atoms with van der Waals surface area (Å²) in [5, 5.41) is 0. The van der Waals surface area contributed by atoms with Gasteiger partial charge in [0.15, 0.2) is 0 Å². The van der Waals surface area contributed by atoms with Gasteiger partial charge in [-0.3, -0.25) is 4.18 Å². The van der Waals surface area contributed by atoms with Crippen LogP contribution < -0.4 is 0 Å². The Kier molecular flexibility index (Phi) is 11.6. The smallest absolute Gasteiger partial charge is 0.297 e. The first-order valence-corrected chi connectivity index (χ1v) is 14.9. The lowest BCUT2D eigenvalue weighted by Gasteiger charge is -2.26. The van der Waals surface area contributed by atoms with Crippen molar-refractivity contribution in [2.75, 3.05) is 26.4 Å². The summed E-state index contributed by atoms with van der Waals surface area (Å²) in [5.41, 5.74) is 3.14. The third kappa shape index (κ3) is 9.15. The number of ether oxygens (including phenoxy) is 1. The van der Waals surface area contributed by atoms with Crippen LogP contribution in [0.3, 0.4) is 0 Å². The van der Waals surface area contributed by atoms with Gasteiger partial charge in [-0.05, 0) is 41.2 Å². The summed E-state index contributed by atoms with van der Waals surface area (Å²) >= 11 is 0. The lowest BCUT2D eigenvalue weighted by molar-refractivity contribution is 0.0207. The van der Waals surface area contributed by atoms with Gasteiger partial charge in [-0.1, -0.05) is 94.8 Å². The SMILES string of the molecule is C=Cc1ccc(CN2C=CN(CC(COCC(CC)CCCC)OS(=O)(=O)c3ccc(C=C)cc3)C2)cc1. The van der Waals surface area contributed by atoms with Crippen LogP contribution in [0, 0.1) is 5.92 Å². The Morgan fingerprint density at radius 3 is 2.16 bits per heavy atom. The Hall–Kier alpha value is -2.87. The van der Waals surface area contributed by atoms with Gasteiger partial charge in [-0.25, -0.2) is 0 Å². The molecule has 38 heavy (non-hydrogen) atoms. The minimum absolute atomic E-state index is 0.129. The van der Waals surface area contributed by atoms with E-state index in [1.807, 2.05) is 18.5 Å². The molecule has 0 spiro atoms. The molecule has 2 aromatic carbocycles. The first-order valence-electron chi connectivity index (χ1n) is 13.5. The molecule has 0 radical (unpaired) electrons. The van der Waals surface area contributed by atoms with Crippen LogP contribution in [0.25, 0.3) is 12.2 Å². The molecule has 3 rings (SSSR count). The molecule has 206 valence electrons. The predicted octanol–water partition coefficient (Wildman–Crippen LogP) is 6.53. The summed E-state index contributed by atoms with van der Waals surface area (Å²) < 4.78 is 38.0. The summed E-state index contributed by atoms with van der Waals surface area (Å²) in [6, 6.07) is 14.8. The van der Waals surface area contributed by atoms with Crippen LogP contribution in [0.5, 0.6) is 0 Å². The fraction of sp³-hybridized carbons (Fsp3) is 0.419. The van der Waals surface area contributed by atoms with E-state index in [9.17, 15) is 8.42 Å². The van der Waals surface area contributed by atoms with Gasteiger partial charge < -0.3 is 14.5 Å². The first kappa shape index (κ1) is 29.7. The highest BCUT2D eigenvalue weighted by Gasteiger charge is 2.26. The third-order valence-corrected chi connectivity index (χ3v) is 8.13. The van der Waals surface area contributed by atoms with Gasteiger partial charge in [0.1, 0.15) is 6.10 Å². The molecule has 0 bridgehead atoms. The molecule has 0 amide bonds. The molecule has 1 aliphatic heterocycles. The molecule has 2 aromatic rings. The first-order chi connectivity index (χ1) is 18.4. The fourth-order valence-corrected chi connectivity index (χ4v) is 5.43. The summed E-state index contributed by atoms with van der Waals surface area (Å²) in [6.45, 7) is 14.5. The minimum atomic E-state index is -3.95. The molecule has 0 N–H and O–H groups in total. The second kappa shape index (κ2) is 14.9. The average molecular weight is 539 g/mol. The van der Waals surface area contributed by atoms with E-state index in [0.29, 0.717) is 25.7 Å². The standard InChI is InChI=1S/C31H42N2O4S/c1-5-9-10-28(8-4)23-36-24-30(37-38(34,35)31-17-15-27(7-3)16-18-31)22-33-20-19-32(25-33)21-29-13-11-26(6-2)12-14-29/h6-7,11-20,28,30H,2-3,5,8-10,21-25H2,1,4H3. The molecule has 0 aromatic heterocycles. The van der Waals surface area contributed by atoms with Crippen molar-refractivity contribution < 1.29 is 17.3 Å². The van der Waals surface area contributed by atoms with Crippen LogP contribution in [-0.2, 0) is 25.6 Å². The number of hydrogen-bond acceptors (Lipinski definition) is 6. The summed E-state index contributed by atoms with van der Waals surface area (Å²) in [7, 11) is -3.95. The van der Waals surface area contributed by atoms with E-state index in [1.165, 1.54) is 12.0 Å². The molecular weight excluding hydrogens is 496 g/mol. The second-order valence-corrected chi connectivity index (χ2v) is 11.4. The van der Waals surface area contributed by atoms with Crippen LogP contribution in [0.1, 0.15) is 56.2 Å². The van der Waals surface area contributed by atoms with Crippen molar-refractivity contribution in [3.05, 3.63) is 90.8 Å². The largest absolute Gasteiger partial charge is 0.378 e. The number of unbranched alkanes of at least 4 members (excludes halogenated alkanes) is 1. The number of rotatable bonds is 17. The zero-order valence-electron chi connectivity index (χ0n) is 22.8. The monoisotopic (exact) mass is 538 g/mol. The molecule has 0 saturated carbocycles. The van der Waals surface area contributed by atoms with Crippen molar-refractivity contribution in [2.45, 2.75) is 57.1 Å². The Morgan fingerprint density at radius 2 is 1.55 bits per heavy atom. The highest BCUT2D eigenvalue weighted by Crippen LogP contribution is 2.20. The maximum atomic E-state index is 13.1. The molecule has 0 saturated heterocycles. The van der Waals surface area contributed by atoms with Crippen LogP contribution in [0.15, 0.2) is 79.0 Å². The summed E-state index contributed by atoms with van der Waals surface area (Å²) in [6.07, 6.45) is 11.4. The summed E-state index contributed by atoms with van der Waals surface area (Å²) in [4.78, 5) is 4.38. The topological polar surface area (TPSA) is 59.1 Å². The van der Waals surface area contributed by atoms with Crippen molar-refractivity contribution >= 4 is 22.3 Å². The third-order valence-electron chi connectivity index (χ3n) is 6.76. The van der Waals surface area contributed by atoms with Crippen molar-refractivity contribution in [3.63, 3.8) is 0 Å². The van der Waals surface area contributed by atoms with Crippen LogP contribution in [0.2, 0.25) is 0 Å². The van der Waals surface area contributed by atoms with Crippen LogP contribution in [-0.4, -0.2) is 50.7 Å². The highest BCUT2D eigenvalue weighted by atomic mass is 32.2. The lowest BCUT2D eigenvalue weighted by Crippen LogP contribution is -2.37. The summed E-state index contributed by atoms with van der Waals surface area (Å²) in [5.74, 6) is 0.466. The Morgan fingerprint density at radius 1 is 0.921 bits per heavy atom. The van der Waals surface area contributed by atoms with Gasteiger partial charge >= 0.3 is 0 Å². The number of benzene rings is 2. The Bertz CT molecular complexity index is 1140. The lowest BCUT2D eigenvalue weighted by atomic mass is 10.0. The molecule has 1 heterocycles. The molecular formula is C31H42N2O4S. The second-order valence-electron chi connectivity index (χ2n) is 9.80. The van der Waals surface area contributed by atoms with E-state index < -0.39 is 16.2 Å². The highest BCUT2D eigenvalue weighted by molar-refractivity contribution is 7.86. The van der Waals surface area contributed by atoms with Crippen molar-refractivity contribution in [1.29, 1.82) is 0 Å². The molecule has 2 atom stereocenters. The molecule has 1 aliphatic rings. The van der Waals surface area contributed by atoms with Crippen molar-refractivity contribution in [2.24, 2.45) is 5.92 Å². The fourth-order valence-electron chi connectivity index (χ4n) is 4.37. The predicted molar refractivity (Wildman–Crippen MR) is 156 cm³/mol. The Labute approximate surface area is 229 Å². The van der Waals surface area contributed by atoms with Gasteiger partial charge in [-0.15, -0.1) is 0 Å². The molecule has 6 nitrogen and oxygen atoms in total. The van der Waals surface area contributed by atoms with Gasteiger partial charge in [0, 0.05) is 32.1 Å². The van der Waals surface area contributed by atoms with Gasteiger partial charge in [-0.2, -0.15) is 8.42 Å². The maximum Gasteiger partial charge on any atom is 0.297 e. The van der Waals surface area contributed by atoms with Crippen molar-refractivity contribution in [1.82, 2.24) is 9.80 Å². The van der Waals surface area contributed by atoms with Gasteiger partial charge in [0.25, 0.3) is 10.1 Å². The van der Waals surface area contributed by atoms with E-state index in [4.69, 9.17) is 8.92 Å². The van der Waals surface area contributed by atoms with E-state index in [1.54, 1.807) is 30.3 Å². The molecule has 2 unspecified atom stereocenters. The van der Waals surface area contributed by atoms with E-state index >= 15 is 0 Å². The molecule has 0 aliphatic carbocycles. The zero-order chi connectivity index (χ0) is 27.4. The molecule has 7 heteroatoms. The van der Waals surface area contributed by atoms with Crippen LogP contribution in [0.4, 0.5) is 0 Å². The number of hydrogen-bond donors (Lipinski definition) is 0. The van der Waals surface area contributed by atoms with Crippen LogP contribution >= 0.6 is 0 Å². The molecule has 0 fully saturated rings. The van der Waals surface area contributed by atoms with E-state index in [2.05, 4.69) is 61.1 Å². The Balaban J connectivity index is 1.63. The average Bonchev–Trinajstić information content (AvgIpc) is 3.37. The quantitative estimate of drug-likeness (QED) is 0.214. The van der Waals surface area contributed by atoms with E-state index in [0.717, 1.165) is 36.9 Å². The van der Waals surface area contributed by atoms with Gasteiger partial charge in [0.05, 0.1) is 18.2 Å². The van der Waals surface area contributed by atoms with E-state index in [-0.39, 0.29) is 11.5 Å². The minimum Gasteiger partial charge on any atom is -0.378 e. The maximum absolute atomic E-state index is 13.1. The van der Waals surface area contributed by atoms with Gasteiger partial charge in [0.2, 0.25) is 0 Å². The van der Waals surface area contributed by atoms with Crippen molar-refractivity contribution in [3.8, 4) is 0 Å². The number of nitrogens with zero attached hydrogens (tertiary/aromatic N) is 2. The zero-order valence-corrected chi connectivity index (χ0v) is 23.6. The normalized spacial score (nSPS) is 15.0.